The van der Waals surface area contributed by atoms with Gasteiger partial charge in [0.25, 0.3) is 0 Å². The molecule has 30 heavy (non-hydrogen) atoms. The van der Waals surface area contributed by atoms with Crippen molar-refractivity contribution in [3.05, 3.63) is 45.3 Å². The molecule has 2 aliphatic rings. The number of anilines is 2. The van der Waals surface area contributed by atoms with Crippen LogP contribution in [0.25, 0.3) is 0 Å². The average molecular weight is 449 g/mol. The number of fused-ring (bicyclic) bond motifs is 1. The smallest absolute Gasteiger partial charge is 0.322 e. The van der Waals surface area contributed by atoms with Crippen LogP contribution in [0.3, 0.4) is 0 Å². The van der Waals surface area contributed by atoms with Crippen LogP contribution in [0, 0.1) is 6.92 Å². The van der Waals surface area contributed by atoms with E-state index in [4.69, 9.17) is 28.2 Å². The summed E-state index contributed by atoms with van der Waals surface area (Å²) in [6.45, 7) is 10.2. The predicted octanol–water partition coefficient (Wildman–Crippen LogP) is 3.82. The molecule has 2 aromatic rings. The van der Waals surface area contributed by atoms with Gasteiger partial charge in [0.2, 0.25) is 0 Å². The van der Waals surface area contributed by atoms with Gasteiger partial charge in [0.15, 0.2) is 0 Å². The second-order valence-corrected chi connectivity index (χ2v) is 8.49. The number of urea groups is 1. The number of carbonyl (C=O) groups excluding carboxylic acids is 1. The van der Waals surface area contributed by atoms with E-state index >= 15 is 0 Å². The van der Waals surface area contributed by atoms with Gasteiger partial charge in [-0.3, -0.25) is 0 Å². The van der Waals surface area contributed by atoms with E-state index in [0.717, 1.165) is 62.0 Å². The summed E-state index contributed by atoms with van der Waals surface area (Å²) in [5.74, 6) is 1.76. The first-order valence-electron chi connectivity index (χ1n) is 10.3. The van der Waals surface area contributed by atoms with Crippen LogP contribution in [0.5, 0.6) is 0 Å². The second kappa shape index (κ2) is 8.96. The van der Waals surface area contributed by atoms with Crippen LogP contribution in [-0.2, 0) is 13.0 Å². The van der Waals surface area contributed by atoms with E-state index in [2.05, 4.69) is 27.0 Å². The molecule has 3 heterocycles. The lowest BCUT2D eigenvalue weighted by Gasteiger charge is -2.37. The Morgan fingerprint density at radius 2 is 1.87 bits per heavy atom. The number of carbonyl (C=O) groups is 1. The summed E-state index contributed by atoms with van der Waals surface area (Å²) in [4.78, 5) is 28.9. The van der Waals surface area contributed by atoms with Gasteiger partial charge >= 0.3 is 6.03 Å². The van der Waals surface area contributed by atoms with Crippen molar-refractivity contribution < 1.29 is 4.79 Å². The first-order chi connectivity index (χ1) is 14.4. The Morgan fingerprint density at radius 1 is 1.10 bits per heavy atom. The third-order valence-corrected chi connectivity index (χ3v) is 6.47. The molecule has 0 saturated carbocycles. The van der Waals surface area contributed by atoms with E-state index in [-0.39, 0.29) is 6.03 Å². The highest BCUT2D eigenvalue weighted by molar-refractivity contribution is 6.42. The van der Waals surface area contributed by atoms with Gasteiger partial charge in [-0.05, 0) is 31.7 Å². The number of nitrogens with zero attached hydrogens (tertiary/aromatic N) is 5. The minimum Gasteiger partial charge on any atom is -0.354 e. The number of hydrogen-bond acceptors (Lipinski definition) is 5. The Morgan fingerprint density at radius 3 is 2.57 bits per heavy atom. The summed E-state index contributed by atoms with van der Waals surface area (Å²) in [6.07, 6.45) is 0.718. The van der Waals surface area contributed by atoms with E-state index in [1.54, 1.807) is 23.1 Å². The van der Waals surface area contributed by atoms with Crippen LogP contribution < -0.4 is 10.2 Å². The number of rotatable bonds is 3. The number of nitrogens with one attached hydrogen (secondary N) is 1. The Balaban J connectivity index is 1.52. The Hall–Kier alpha value is -2.09. The number of aryl methyl sites for hydroxylation is 1. The lowest BCUT2D eigenvalue weighted by molar-refractivity contribution is 0.205. The van der Waals surface area contributed by atoms with Crippen LogP contribution in [0.2, 0.25) is 10.0 Å². The molecule has 1 N–H and O–H groups in total. The van der Waals surface area contributed by atoms with Crippen molar-refractivity contribution >= 4 is 40.7 Å². The van der Waals surface area contributed by atoms with E-state index < -0.39 is 0 Å². The van der Waals surface area contributed by atoms with Gasteiger partial charge in [-0.25, -0.2) is 14.8 Å². The van der Waals surface area contributed by atoms with Gasteiger partial charge in [0.05, 0.1) is 22.3 Å². The highest BCUT2D eigenvalue weighted by Crippen LogP contribution is 2.29. The van der Waals surface area contributed by atoms with Crippen LogP contribution in [0.15, 0.2) is 18.2 Å². The molecule has 0 spiro atoms. The molecule has 0 unspecified atom stereocenters. The van der Waals surface area contributed by atoms with Gasteiger partial charge in [0, 0.05) is 50.4 Å². The fraction of sp³-hybridized carbons (Fsp3) is 0.476. The van der Waals surface area contributed by atoms with Gasteiger partial charge < -0.3 is 20.0 Å². The quantitative estimate of drug-likeness (QED) is 0.772. The zero-order chi connectivity index (χ0) is 21.3. The zero-order valence-corrected chi connectivity index (χ0v) is 18.8. The SMILES string of the molecule is CCN1CCN(c2nc(C)nc3c2CN(C(=O)Nc2ccc(Cl)c(Cl)c2)CC3)CC1. The van der Waals surface area contributed by atoms with Gasteiger partial charge in [0.1, 0.15) is 11.6 Å². The van der Waals surface area contributed by atoms with Crippen molar-refractivity contribution in [2.75, 3.05) is 49.5 Å². The first-order valence-corrected chi connectivity index (χ1v) is 11.0. The largest absolute Gasteiger partial charge is 0.354 e. The molecule has 2 amide bonds. The number of amides is 2. The van der Waals surface area contributed by atoms with Crippen LogP contribution in [0.4, 0.5) is 16.3 Å². The predicted molar refractivity (Wildman–Crippen MR) is 121 cm³/mol. The topological polar surface area (TPSA) is 64.6 Å². The Bertz CT molecular complexity index is 945. The van der Waals surface area contributed by atoms with Gasteiger partial charge in [-0.15, -0.1) is 0 Å². The van der Waals surface area contributed by atoms with Crippen LogP contribution in [-0.4, -0.2) is 65.1 Å². The molecule has 160 valence electrons. The van der Waals surface area contributed by atoms with Crippen molar-refractivity contribution in [2.45, 2.75) is 26.8 Å². The molecule has 1 fully saturated rings. The summed E-state index contributed by atoms with van der Waals surface area (Å²) >= 11 is 12.0. The van der Waals surface area contributed by atoms with Crippen molar-refractivity contribution in [3.63, 3.8) is 0 Å². The first kappa shape index (κ1) is 21.2. The van der Waals surface area contributed by atoms with Crippen molar-refractivity contribution in [3.8, 4) is 0 Å². The molecule has 1 saturated heterocycles. The second-order valence-electron chi connectivity index (χ2n) is 7.67. The molecular weight excluding hydrogens is 423 g/mol. The molecule has 0 bridgehead atoms. The van der Waals surface area contributed by atoms with Crippen LogP contribution >= 0.6 is 23.2 Å². The fourth-order valence-electron chi connectivity index (χ4n) is 4.00. The number of piperazine rings is 1. The maximum Gasteiger partial charge on any atom is 0.322 e. The van der Waals surface area contributed by atoms with Gasteiger partial charge in [-0.1, -0.05) is 30.1 Å². The minimum absolute atomic E-state index is 0.165. The normalized spacial score (nSPS) is 17.1. The maximum atomic E-state index is 12.9. The Labute approximate surface area is 187 Å². The highest BCUT2D eigenvalue weighted by Gasteiger charge is 2.28. The summed E-state index contributed by atoms with van der Waals surface area (Å²) < 4.78 is 0. The number of likely N-dealkylation sites (N-methyl/N-ethyl adjacent to an activating group) is 1. The lowest BCUT2D eigenvalue weighted by atomic mass is 10.1. The summed E-state index contributed by atoms with van der Waals surface area (Å²) in [7, 11) is 0. The summed E-state index contributed by atoms with van der Waals surface area (Å²) in [5, 5.41) is 3.79. The number of hydrogen-bond donors (Lipinski definition) is 1. The van der Waals surface area contributed by atoms with Crippen molar-refractivity contribution in [1.29, 1.82) is 0 Å². The zero-order valence-electron chi connectivity index (χ0n) is 17.3. The molecule has 2 aliphatic heterocycles. The monoisotopic (exact) mass is 448 g/mol. The Kier molecular flexibility index (Phi) is 6.32. The van der Waals surface area contributed by atoms with E-state index in [1.807, 2.05) is 6.92 Å². The third-order valence-electron chi connectivity index (χ3n) is 5.73. The molecule has 0 atom stereocenters. The summed E-state index contributed by atoms with van der Waals surface area (Å²) in [5.41, 5.74) is 2.73. The minimum atomic E-state index is -0.165. The fourth-order valence-corrected chi connectivity index (χ4v) is 4.30. The summed E-state index contributed by atoms with van der Waals surface area (Å²) in [6, 6.07) is 4.91. The van der Waals surface area contributed by atoms with Gasteiger partial charge in [-0.2, -0.15) is 0 Å². The molecule has 0 radical (unpaired) electrons. The number of benzene rings is 1. The molecular formula is C21H26Cl2N6O. The third kappa shape index (κ3) is 4.48. The highest BCUT2D eigenvalue weighted by atomic mass is 35.5. The average Bonchev–Trinajstić information content (AvgIpc) is 2.75. The standard InChI is InChI=1S/C21H26Cl2N6O/c1-3-27-8-10-28(11-9-27)20-16-13-29(7-6-19(16)24-14(2)25-20)21(30)26-15-4-5-17(22)18(23)12-15/h4-5,12H,3,6-11,13H2,1-2H3,(H,26,30). The maximum absolute atomic E-state index is 12.9. The molecule has 1 aromatic heterocycles. The van der Waals surface area contributed by atoms with E-state index in [1.165, 1.54) is 0 Å². The molecule has 9 heteroatoms. The lowest BCUT2D eigenvalue weighted by Crippen LogP contribution is -2.47. The van der Waals surface area contributed by atoms with E-state index in [9.17, 15) is 4.79 Å². The van der Waals surface area contributed by atoms with Crippen LogP contribution in [0.1, 0.15) is 24.0 Å². The molecule has 7 nitrogen and oxygen atoms in total. The molecule has 1 aromatic carbocycles. The molecule has 4 rings (SSSR count). The van der Waals surface area contributed by atoms with E-state index in [0.29, 0.717) is 28.8 Å². The molecule has 0 aliphatic carbocycles. The van der Waals surface area contributed by atoms with Crippen molar-refractivity contribution in [1.82, 2.24) is 19.8 Å². The number of halogens is 2. The number of aromatic nitrogens is 2. The van der Waals surface area contributed by atoms with Crippen molar-refractivity contribution in [2.24, 2.45) is 0 Å².